The predicted molar refractivity (Wildman–Crippen MR) is 52.2 cm³/mol. The van der Waals surface area contributed by atoms with Crippen molar-refractivity contribution in [3.8, 4) is 0 Å². The predicted octanol–water partition coefficient (Wildman–Crippen LogP) is 0.320. The number of aliphatic imine (C=N–C) groups is 2. The smallest absolute Gasteiger partial charge is 0.104 e. The summed E-state index contributed by atoms with van der Waals surface area (Å²) < 4.78 is 0. The average molecular weight is 181 g/mol. The first kappa shape index (κ1) is 8.69. The van der Waals surface area contributed by atoms with Gasteiger partial charge in [0.25, 0.3) is 0 Å². The zero-order valence-corrected chi connectivity index (χ0v) is 7.61. The van der Waals surface area contributed by atoms with Crippen molar-refractivity contribution in [3.05, 3.63) is 0 Å². The van der Waals surface area contributed by atoms with Crippen LogP contribution >= 0.6 is 0 Å². The Labute approximate surface area is 77.8 Å². The van der Waals surface area contributed by atoms with E-state index in [0.29, 0.717) is 6.04 Å². The maximum atomic E-state index is 9.31. The van der Waals surface area contributed by atoms with E-state index in [-0.39, 0.29) is 6.10 Å². The summed E-state index contributed by atoms with van der Waals surface area (Å²) in [5.74, 6) is 1.02. The summed E-state index contributed by atoms with van der Waals surface area (Å²) in [5.41, 5.74) is 0. The van der Waals surface area contributed by atoms with Crippen LogP contribution in [0.2, 0.25) is 0 Å². The number of hydrogen-bond acceptors (Lipinski definition) is 3. The van der Waals surface area contributed by atoms with Gasteiger partial charge < -0.3 is 10.4 Å². The molecule has 72 valence electrons. The maximum Gasteiger partial charge on any atom is 0.104 e. The van der Waals surface area contributed by atoms with Crippen molar-refractivity contribution >= 4 is 12.2 Å². The van der Waals surface area contributed by atoms with Crippen LogP contribution in [0.4, 0.5) is 0 Å². The Morgan fingerprint density at radius 3 is 3.08 bits per heavy atom. The Bertz CT molecular complexity index is 237. The summed E-state index contributed by atoms with van der Waals surface area (Å²) in [6.45, 7) is 0.834. The fraction of sp³-hybridized carbons (Fsp3) is 0.778. The standard InChI is InChI=1S/C9H15N3O/c13-8-2-1-7(5-8)12-9-3-4-10-6-11-9/h6-8,13H,1-5H2,(H,10,11,12)/t7-,8-/m0/s1. The van der Waals surface area contributed by atoms with E-state index in [4.69, 9.17) is 0 Å². The Morgan fingerprint density at radius 2 is 2.46 bits per heavy atom. The van der Waals surface area contributed by atoms with Crippen molar-refractivity contribution in [2.45, 2.75) is 37.8 Å². The highest BCUT2D eigenvalue weighted by atomic mass is 16.3. The third-order valence-corrected chi connectivity index (χ3v) is 2.52. The van der Waals surface area contributed by atoms with E-state index in [2.05, 4.69) is 15.3 Å². The lowest BCUT2D eigenvalue weighted by atomic mass is 10.2. The normalized spacial score (nSPS) is 36.5. The second kappa shape index (κ2) is 3.87. The minimum absolute atomic E-state index is 0.133. The van der Waals surface area contributed by atoms with Crippen molar-refractivity contribution in [1.29, 1.82) is 0 Å². The van der Waals surface area contributed by atoms with E-state index in [1.165, 1.54) is 0 Å². The van der Waals surface area contributed by atoms with Gasteiger partial charge in [0.1, 0.15) is 5.84 Å². The summed E-state index contributed by atoms with van der Waals surface area (Å²) in [7, 11) is 0. The van der Waals surface area contributed by atoms with E-state index in [1.807, 2.05) is 0 Å². The number of aliphatic hydroxyl groups is 1. The quantitative estimate of drug-likeness (QED) is 0.612. The molecule has 4 heteroatoms. The van der Waals surface area contributed by atoms with Gasteiger partial charge in [-0.1, -0.05) is 0 Å². The molecule has 0 amide bonds. The summed E-state index contributed by atoms with van der Waals surface area (Å²) in [5, 5.41) is 12.4. The zero-order valence-electron chi connectivity index (χ0n) is 7.61. The SMILES string of the molecule is O[C@H]1CC[C@H](N=C2CCN=CN2)C1. The number of nitrogens with one attached hydrogen (secondary N) is 1. The molecule has 1 aliphatic carbocycles. The first-order valence-electron chi connectivity index (χ1n) is 4.84. The van der Waals surface area contributed by atoms with E-state index in [0.717, 1.165) is 38.1 Å². The first-order valence-corrected chi connectivity index (χ1v) is 4.84. The van der Waals surface area contributed by atoms with E-state index in [1.54, 1.807) is 6.34 Å². The monoisotopic (exact) mass is 181 g/mol. The van der Waals surface area contributed by atoms with Gasteiger partial charge in [0.15, 0.2) is 0 Å². The van der Waals surface area contributed by atoms with Crippen molar-refractivity contribution in [2.75, 3.05) is 6.54 Å². The Balaban J connectivity index is 1.91. The number of aliphatic hydroxyl groups excluding tert-OH is 1. The fourth-order valence-corrected chi connectivity index (χ4v) is 1.80. The van der Waals surface area contributed by atoms with Gasteiger partial charge in [-0.2, -0.15) is 0 Å². The molecule has 2 atom stereocenters. The molecule has 0 saturated heterocycles. The van der Waals surface area contributed by atoms with Gasteiger partial charge in [-0.3, -0.25) is 9.98 Å². The molecule has 0 aromatic heterocycles. The number of rotatable bonds is 1. The van der Waals surface area contributed by atoms with Crippen LogP contribution in [0.1, 0.15) is 25.7 Å². The molecule has 0 bridgehead atoms. The van der Waals surface area contributed by atoms with Crippen LogP contribution < -0.4 is 5.32 Å². The minimum Gasteiger partial charge on any atom is -0.393 e. The van der Waals surface area contributed by atoms with Crippen LogP contribution in [0.15, 0.2) is 9.98 Å². The van der Waals surface area contributed by atoms with Crippen molar-refractivity contribution in [1.82, 2.24) is 5.32 Å². The van der Waals surface area contributed by atoms with Crippen LogP contribution in [0, 0.1) is 0 Å². The summed E-state index contributed by atoms with van der Waals surface area (Å²) in [4.78, 5) is 8.59. The molecule has 13 heavy (non-hydrogen) atoms. The van der Waals surface area contributed by atoms with Gasteiger partial charge >= 0.3 is 0 Å². The minimum atomic E-state index is -0.133. The van der Waals surface area contributed by atoms with Crippen molar-refractivity contribution in [2.24, 2.45) is 9.98 Å². The van der Waals surface area contributed by atoms with Gasteiger partial charge in [-0.05, 0) is 19.3 Å². The Kier molecular flexibility index (Phi) is 2.59. The molecule has 0 spiro atoms. The molecule has 0 unspecified atom stereocenters. The third-order valence-electron chi connectivity index (χ3n) is 2.52. The van der Waals surface area contributed by atoms with Gasteiger partial charge in [0, 0.05) is 13.0 Å². The first-order chi connectivity index (χ1) is 6.34. The molecular formula is C9H15N3O. The van der Waals surface area contributed by atoms with Gasteiger partial charge in [-0.25, -0.2) is 0 Å². The second-order valence-electron chi connectivity index (χ2n) is 3.63. The van der Waals surface area contributed by atoms with Crippen LogP contribution in [-0.4, -0.2) is 36.0 Å². The number of amidine groups is 1. The van der Waals surface area contributed by atoms with Crippen molar-refractivity contribution < 1.29 is 5.11 Å². The summed E-state index contributed by atoms with van der Waals surface area (Å²) in [6, 6.07) is 0.323. The third kappa shape index (κ3) is 2.28. The molecule has 1 aliphatic heterocycles. The second-order valence-corrected chi connectivity index (χ2v) is 3.63. The van der Waals surface area contributed by atoms with Crippen LogP contribution in [-0.2, 0) is 0 Å². The van der Waals surface area contributed by atoms with Gasteiger partial charge in [0.05, 0.1) is 18.5 Å². The molecule has 1 fully saturated rings. The maximum absolute atomic E-state index is 9.31. The topological polar surface area (TPSA) is 57.0 Å². The summed E-state index contributed by atoms with van der Waals surface area (Å²) in [6.07, 6.45) is 5.21. The molecule has 2 N–H and O–H groups in total. The Hall–Kier alpha value is -0.900. The number of nitrogens with zero attached hydrogens (tertiary/aromatic N) is 2. The van der Waals surface area contributed by atoms with E-state index >= 15 is 0 Å². The lowest BCUT2D eigenvalue weighted by Gasteiger charge is -2.11. The molecule has 1 heterocycles. The van der Waals surface area contributed by atoms with E-state index < -0.39 is 0 Å². The van der Waals surface area contributed by atoms with Gasteiger partial charge in [0.2, 0.25) is 0 Å². The van der Waals surface area contributed by atoms with Gasteiger partial charge in [-0.15, -0.1) is 0 Å². The highest BCUT2D eigenvalue weighted by molar-refractivity contribution is 5.93. The molecule has 2 aliphatic rings. The van der Waals surface area contributed by atoms with Crippen LogP contribution in [0.3, 0.4) is 0 Å². The molecule has 2 rings (SSSR count). The lowest BCUT2D eigenvalue weighted by molar-refractivity contribution is 0.181. The molecule has 0 aromatic rings. The molecular weight excluding hydrogens is 166 g/mol. The fourth-order valence-electron chi connectivity index (χ4n) is 1.80. The molecule has 1 saturated carbocycles. The van der Waals surface area contributed by atoms with Crippen LogP contribution in [0.25, 0.3) is 0 Å². The highest BCUT2D eigenvalue weighted by Gasteiger charge is 2.22. The summed E-state index contributed by atoms with van der Waals surface area (Å²) >= 11 is 0. The lowest BCUT2D eigenvalue weighted by Crippen LogP contribution is -2.28. The van der Waals surface area contributed by atoms with E-state index in [9.17, 15) is 5.11 Å². The van der Waals surface area contributed by atoms with Crippen LogP contribution in [0.5, 0.6) is 0 Å². The van der Waals surface area contributed by atoms with Crippen molar-refractivity contribution in [3.63, 3.8) is 0 Å². The average Bonchev–Trinajstić information content (AvgIpc) is 2.53. The largest absolute Gasteiger partial charge is 0.393 e. The molecule has 0 aromatic carbocycles. The zero-order chi connectivity index (χ0) is 9.10. The molecule has 0 radical (unpaired) electrons. The highest BCUT2D eigenvalue weighted by Crippen LogP contribution is 2.21. The number of hydrogen-bond donors (Lipinski definition) is 2. The Morgan fingerprint density at radius 1 is 1.54 bits per heavy atom. The molecule has 4 nitrogen and oxygen atoms in total.